The number of carbonyl (C=O) groups excluding carboxylic acids is 1. The van der Waals surface area contributed by atoms with Crippen molar-refractivity contribution >= 4 is 17.2 Å². The average Bonchev–Trinajstić information content (AvgIpc) is 3.23. The third kappa shape index (κ3) is 3.34. The van der Waals surface area contributed by atoms with Gasteiger partial charge in [0.1, 0.15) is 10.9 Å². The highest BCUT2D eigenvalue weighted by Crippen LogP contribution is 2.29. The van der Waals surface area contributed by atoms with Crippen molar-refractivity contribution in [3.05, 3.63) is 27.9 Å². The van der Waals surface area contributed by atoms with E-state index in [0.717, 1.165) is 5.01 Å². The van der Waals surface area contributed by atoms with Crippen LogP contribution in [0.3, 0.4) is 0 Å². The number of thiazole rings is 1. The highest BCUT2D eigenvalue weighted by molar-refractivity contribution is 7.13. The Morgan fingerprint density at radius 1 is 1.29 bits per heavy atom. The zero-order valence-corrected chi connectivity index (χ0v) is 15.2. The van der Waals surface area contributed by atoms with Crippen LogP contribution in [-0.2, 0) is 4.74 Å². The third-order valence-electron chi connectivity index (χ3n) is 3.85. The first-order chi connectivity index (χ1) is 11.5. The van der Waals surface area contributed by atoms with Gasteiger partial charge in [0.25, 0.3) is 5.91 Å². The molecule has 1 fully saturated rings. The van der Waals surface area contributed by atoms with Gasteiger partial charge in [0.2, 0.25) is 11.8 Å². The highest BCUT2D eigenvalue weighted by Gasteiger charge is 2.34. The third-order valence-corrected chi connectivity index (χ3v) is 5.14. The van der Waals surface area contributed by atoms with E-state index in [2.05, 4.69) is 29.0 Å². The number of nitrogens with zero attached hydrogens (tertiary/aromatic N) is 4. The first kappa shape index (κ1) is 17.0. The molecule has 3 rings (SSSR count). The molecule has 0 aliphatic carbocycles. The molecule has 2 aromatic rings. The summed E-state index contributed by atoms with van der Waals surface area (Å²) in [6.07, 6.45) is 1.65. The number of amides is 1. The van der Waals surface area contributed by atoms with E-state index < -0.39 is 0 Å². The molecule has 0 aromatic carbocycles. The molecule has 0 unspecified atom stereocenters. The molecular formula is C16H22N4O3S. The van der Waals surface area contributed by atoms with Gasteiger partial charge in [0, 0.05) is 18.4 Å². The van der Waals surface area contributed by atoms with Crippen molar-refractivity contribution in [3.63, 3.8) is 0 Å². The lowest BCUT2D eigenvalue weighted by atomic mass is 10.2. The Morgan fingerprint density at radius 2 is 2.08 bits per heavy atom. The maximum atomic E-state index is 12.9. The Bertz CT molecular complexity index is 710. The molecule has 0 bridgehead atoms. The summed E-state index contributed by atoms with van der Waals surface area (Å²) in [6.45, 7) is 9.47. The Morgan fingerprint density at radius 3 is 2.71 bits per heavy atom. The molecule has 1 atom stereocenters. The predicted molar refractivity (Wildman–Crippen MR) is 89.2 cm³/mol. The minimum Gasteiger partial charge on any atom is -0.423 e. The summed E-state index contributed by atoms with van der Waals surface area (Å²) < 4.78 is 11.3. The van der Waals surface area contributed by atoms with E-state index in [0.29, 0.717) is 42.3 Å². The van der Waals surface area contributed by atoms with Crippen molar-refractivity contribution in [1.29, 1.82) is 0 Å². The number of morpholine rings is 1. The zero-order chi connectivity index (χ0) is 17.3. The van der Waals surface area contributed by atoms with Crippen molar-refractivity contribution in [2.24, 2.45) is 0 Å². The Balaban J connectivity index is 1.84. The SMILES string of the molecule is CC(C)c1nnc([C@@H]2COCCN2C(=O)c2cnc(C(C)C)s2)o1. The fourth-order valence-corrected chi connectivity index (χ4v) is 3.34. The van der Waals surface area contributed by atoms with Crippen molar-refractivity contribution in [1.82, 2.24) is 20.1 Å². The van der Waals surface area contributed by atoms with E-state index in [4.69, 9.17) is 9.15 Å². The quantitative estimate of drug-likeness (QED) is 0.843. The summed E-state index contributed by atoms with van der Waals surface area (Å²) in [5.74, 6) is 1.40. The number of aromatic nitrogens is 3. The van der Waals surface area contributed by atoms with Crippen LogP contribution in [0.5, 0.6) is 0 Å². The summed E-state index contributed by atoms with van der Waals surface area (Å²) in [5.41, 5.74) is 0. The molecule has 1 aliphatic rings. The van der Waals surface area contributed by atoms with E-state index in [-0.39, 0.29) is 17.9 Å². The molecule has 24 heavy (non-hydrogen) atoms. The number of rotatable bonds is 4. The number of hydrogen-bond acceptors (Lipinski definition) is 7. The molecule has 8 heteroatoms. The molecule has 0 N–H and O–H groups in total. The van der Waals surface area contributed by atoms with Crippen LogP contribution in [0.4, 0.5) is 0 Å². The first-order valence-corrected chi connectivity index (χ1v) is 8.96. The molecule has 1 aliphatic heterocycles. The molecule has 0 saturated carbocycles. The number of ether oxygens (including phenoxy) is 1. The second-order valence-electron chi connectivity index (χ2n) is 6.44. The van der Waals surface area contributed by atoms with Gasteiger partial charge in [0.05, 0.1) is 24.4 Å². The number of carbonyl (C=O) groups is 1. The molecule has 130 valence electrons. The summed E-state index contributed by atoms with van der Waals surface area (Å²) in [5, 5.41) is 9.14. The van der Waals surface area contributed by atoms with Gasteiger partial charge >= 0.3 is 0 Å². The molecule has 7 nitrogen and oxygen atoms in total. The van der Waals surface area contributed by atoms with Crippen molar-refractivity contribution in [3.8, 4) is 0 Å². The van der Waals surface area contributed by atoms with E-state index in [1.165, 1.54) is 11.3 Å². The Labute approximate surface area is 145 Å². The van der Waals surface area contributed by atoms with Gasteiger partial charge in [-0.3, -0.25) is 4.79 Å². The molecule has 3 heterocycles. The van der Waals surface area contributed by atoms with Gasteiger partial charge in [-0.1, -0.05) is 27.7 Å². The fourth-order valence-electron chi connectivity index (χ4n) is 2.46. The summed E-state index contributed by atoms with van der Waals surface area (Å²) in [7, 11) is 0. The van der Waals surface area contributed by atoms with Gasteiger partial charge in [-0.15, -0.1) is 21.5 Å². The topological polar surface area (TPSA) is 81.4 Å². The summed E-state index contributed by atoms with van der Waals surface area (Å²) in [4.78, 5) is 19.6. The lowest BCUT2D eigenvalue weighted by Crippen LogP contribution is -2.43. The summed E-state index contributed by atoms with van der Waals surface area (Å²) >= 11 is 1.44. The maximum absolute atomic E-state index is 12.9. The molecule has 2 aromatic heterocycles. The van der Waals surface area contributed by atoms with Crippen molar-refractivity contribution in [2.45, 2.75) is 45.6 Å². The van der Waals surface area contributed by atoms with Gasteiger partial charge in [-0.2, -0.15) is 0 Å². The van der Waals surface area contributed by atoms with Crippen LogP contribution in [0.15, 0.2) is 10.6 Å². The summed E-state index contributed by atoms with van der Waals surface area (Å²) in [6, 6.07) is -0.351. The lowest BCUT2D eigenvalue weighted by Gasteiger charge is -2.33. The van der Waals surface area contributed by atoms with Gasteiger partial charge in [-0.05, 0) is 0 Å². The van der Waals surface area contributed by atoms with Crippen molar-refractivity contribution < 1.29 is 13.9 Å². The monoisotopic (exact) mass is 350 g/mol. The van der Waals surface area contributed by atoms with Gasteiger partial charge < -0.3 is 14.1 Å². The van der Waals surface area contributed by atoms with Crippen LogP contribution in [0, 0.1) is 0 Å². The minimum absolute atomic E-state index is 0.0583. The smallest absolute Gasteiger partial charge is 0.266 e. The minimum atomic E-state index is -0.351. The van der Waals surface area contributed by atoms with E-state index in [1.54, 1.807) is 11.1 Å². The number of hydrogen-bond donors (Lipinski definition) is 0. The molecular weight excluding hydrogens is 328 g/mol. The molecule has 1 saturated heterocycles. The van der Waals surface area contributed by atoms with Crippen LogP contribution in [-0.4, -0.2) is 45.7 Å². The Hall–Kier alpha value is -1.80. The van der Waals surface area contributed by atoms with Crippen LogP contribution in [0.25, 0.3) is 0 Å². The maximum Gasteiger partial charge on any atom is 0.266 e. The van der Waals surface area contributed by atoms with E-state index in [9.17, 15) is 4.79 Å². The molecule has 0 spiro atoms. The van der Waals surface area contributed by atoms with Crippen LogP contribution >= 0.6 is 11.3 Å². The second kappa shape index (κ2) is 6.98. The van der Waals surface area contributed by atoms with Gasteiger partial charge in [0.15, 0.2) is 0 Å². The Kier molecular flexibility index (Phi) is 4.96. The van der Waals surface area contributed by atoms with E-state index in [1.807, 2.05) is 13.8 Å². The van der Waals surface area contributed by atoms with Gasteiger partial charge in [-0.25, -0.2) is 4.98 Å². The second-order valence-corrected chi connectivity index (χ2v) is 7.50. The largest absolute Gasteiger partial charge is 0.423 e. The molecule has 0 radical (unpaired) electrons. The van der Waals surface area contributed by atoms with Crippen LogP contribution < -0.4 is 0 Å². The van der Waals surface area contributed by atoms with Crippen LogP contribution in [0.2, 0.25) is 0 Å². The molecule has 1 amide bonds. The highest BCUT2D eigenvalue weighted by atomic mass is 32.1. The van der Waals surface area contributed by atoms with E-state index >= 15 is 0 Å². The average molecular weight is 350 g/mol. The van der Waals surface area contributed by atoms with Crippen LogP contribution in [0.1, 0.15) is 72.0 Å². The predicted octanol–water partition coefficient (Wildman–Crippen LogP) is 2.99. The first-order valence-electron chi connectivity index (χ1n) is 8.15. The lowest BCUT2D eigenvalue weighted by molar-refractivity contribution is -0.0105. The fraction of sp³-hybridized carbons (Fsp3) is 0.625. The van der Waals surface area contributed by atoms with Crippen molar-refractivity contribution in [2.75, 3.05) is 19.8 Å². The standard InChI is InChI=1S/C16H22N4O3S/c1-9(2)13-18-19-14(23-13)11-8-22-6-5-20(11)16(21)12-7-17-15(24-12)10(3)4/h7,9-11H,5-6,8H2,1-4H3/t11-/m0/s1. The normalized spacial score (nSPS) is 18.6. The zero-order valence-electron chi connectivity index (χ0n) is 14.4.